The van der Waals surface area contributed by atoms with Gasteiger partial charge in [-0.25, -0.2) is 0 Å². The van der Waals surface area contributed by atoms with Gasteiger partial charge in [0, 0.05) is 19.6 Å². The Hall–Kier alpha value is -0.870. The fraction of sp³-hybridized carbons (Fsp3) is 0.824. The average molecular weight is 291 g/mol. The van der Waals surface area contributed by atoms with Crippen molar-refractivity contribution in [2.45, 2.75) is 44.9 Å². The minimum Gasteiger partial charge on any atom is -0.383 e. The summed E-state index contributed by atoms with van der Waals surface area (Å²) in [4.78, 5) is 15.2. The molecule has 1 heterocycles. The minimum atomic E-state index is -0.345. The molecule has 7 unspecified atom stereocenters. The molecule has 4 heteroatoms. The van der Waals surface area contributed by atoms with Gasteiger partial charge < -0.3 is 14.4 Å². The van der Waals surface area contributed by atoms with E-state index in [2.05, 4.69) is 32.9 Å². The summed E-state index contributed by atoms with van der Waals surface area (Å²) in [5.41, 5.74) is -0.784. The summed E-state index contributed by atoms with van der Waals surface area (Å²) in [7, 11) is 3.58. The van der Waals surface area contributed by atoms with Crippen LogP contribution in [0.15, 0.2) is 12.2 Å². The topological polar surface area (TPSA) is 42.1 Å². The molecule has 2 saturated carbocycles. The maximum absolute atomic E-state index is 13.3. The smallest absolute Gasteiger partial charge is 0.232 e. The number of nitrogens with zero attached hydrogens (tertiary/aromatic N) is 1. The predicted molar refractivity (Wildman–Crippen MR) is 78.7 cm³/mol. The van der Waals surface area contributed by atoms with Crippen LogP contribution in [0.3, 0.4) is 0 Å². The molecular weight excluding hydrogens is 266 g/mol. The van der Waals surface area contributed by atoms with Crippen LogP contribution in [-0.4, -0.2) is 48.8 Å². The molecule has 1 saturated heterocycles. The molecular formula is C17H25NO3. The number of fused-ring (bicyclic) bond motifs is 3. The number of carbonyl (C=O) groups is 1. The van der Waals surface area contributed by atoms with E-state index in [4.69, 9.17) is 9.47 Å². The van der Waals surface area contributed by atoms with Crippen LogP contribution in [0.5, 0.6) is 0 Å². The van der Waals surface area contributed by atoms with Crippen molar-refractivity contribution in [2.24, 2.45) is 22.7 Å². The number of epoxide rings is 1. The highest BCUT2D eigenvalue weighted by molar-refractivity contribution is 5.92. The first-order valence-electron chi connectivity index (χ1n) is 7.91. The second-order valence-electron chi connectivity index (χ2n) is 7.84. The molecule has 4 rings (SSSR count). The third-order valence-electron chi connectivity index (χ3n) is 7.28. The van der Waals surface area contributed by atoms with E-state index in [0.717, 1.165) is 0 Å². The molecule has 0 aromatic heterocycles. The lowest BCUT2D eigenvalue weighted by Gasteiger charge is -2.38. The lowest BCUT2D eigenvalue weighted by atomic mass is 9.63. The van der Waals surface area contributed by atoms with Gasteiger partial charge >= 0.3 is 0 Å². The van der Waals surface area contributed by atoms with Crippen LogP contribution < -0.4 is 0 Å². The van der Waals surface area contributed by atoms with Gasteiger partial charge in [0.25, 0.3) is 0 Å². The molecule has 3 aliphatic carbocycles. The van der Waals surface area contributed by atoms with Crippen LogP contribution in [0.1, 0.15) is 27.7 Å². The Labute approximate surface area is 126 Å². The van der Waals surface area contributed by atoms with Gasteiger partial charge in [0.15, 0.2) is 0 Å². The van der Waals surface area contributed by atoms with Crippen molar-refractivity contribution in [2.75, 3.05) is 20.8 Å². The first-order valence-corrected chi connectivity index (χ1v) is 7.91. The number of likely N-dealkylation sites (N-methyl/N-ethyl adjacent to an activating group) is 1. The van der Waals surface area contributed by atoms with Crippen LogP contribution in [0.25, 0.3) is 0 Å². The Kier molecular flexibility index (Phi) is 2.22. The van der Waals surface area contributed by atoms with Crippen molar-refractivity contribution in [3.05, 3.63) is 12.2 Å². The Morgan fingerprint density at radius 2 is 2.10 bits per heavy atom. The molecule has 21 heavy (non-hydrogen) atoms. The molecule has 0 radical (unpaired) electrons. The molecule has 4 aliphatic rings. The molecule has 0 bridgehead atoms. The standard InChI is InChI=1S/C17H25NO3/c1-10(9-20-6)18(5)13(19)17-11(2)12(17)14(3)7-8-16(14)15(17,4)21-16/h7-8,10-12H,9H2,1-6H3. The SMILES string of the molecule is COCC(C)N(C)C(=O)C12C(C)C1C1(C)C=CC13OC23C. The molecule has 3 fully saturated rings. The van der Waals surface area contributed by atoms with E-state index in [1.54, 1.807) is 7.11 Å². The molecule has 116 valence electrons. The molecule has 1 aliphatic heterocycles. The van der Waals surface area contributed by atoms with E-state index >= 15 is 0 Å². The van der Waals surface area contributed by atoms with E-state index in [1.165, 1.54) is 0 Å². The van der Waals surface area contributed by atoms with Crippen molar-refractivity contribution in [1.82, 2.24) is 4.90 Å². The van der Waals surface area contributed by atoms with Crippen LogP contribution >= 0.6 is 0 Å². The van der Waals surface area contributed by atoms with Gasteiger partial charge in [-0.05, 0) is 25.7 Å². The monoisotopic (exact) mass is 291 g/mol. The van der Waals surface area contributed by atoms with Gasteiger partial charge in [-0.15, -0.1) is 0 Å². The minimum absolute atomic E-state index is 0.0438. The van der Waals surface area contributed by atoms with E-state index in [9.17, 15) is 4.79 Å². The predicted octanol–water partition coefficient (Wildman–Crippen LogP) is 1.85. The van der Waals surface area contributed by atoms with Gasteiger partial charge in [-0.2, -0.15) is 0 Å². The third-order valence-corrected chi connectivity index (χ3v) is 7.28. The fourth-order valence-electron chi connectivity index (χ4n) is 6.00. The van der Waals surface area contributed by atoms with Crippen molar-refractivity contribution in [1.29, 1.82) is 0 Å². The van der Waals surface area contributed by atoms with Crippen LogP contribution in [0.4, 0.5) is 0 Å². The zero-order valence-corrected chi connectivity index (χ0v) is 13.8. The first kappa shape index (κ1) is 13.8. The lowest BCUT2D eigenvalue weighted by molar-refractivity contribution is -0.142. The normalized spacial score (nSPS) is 55.9. The van der Waals surface area contributed by atoms with Gasteiger partial charge in [-0.3, -0.25) is 4.79 Å². The highest BCUT2D eigenvalue weighted by atomic mass is 16.6. The molecule has 0 N–H and O–H groups in total. The number of carbonyl (C=O) groups excluding carboxylic acids is 1. The van der Waals surface area contributed by atoms with E-state index < -0.39 is 0 Å². The van der Waals surface area contributed by atoms with Crippen LogP contribution in [-0.2, 0) is 14.3 Å². The van der Waals surface area contributed by atoms with E-state index in [0.29, 0.717) is 18.4 Å². The van der Waals surface area contributed by atoms with Crippen molar-refractivity contribution in [3.63, 3.8) is 0 Å². The highest BCUT2D eigenvalue weighted by Crippen LogP contribution is 2.93. The summed E-state index contributed by atoms with van der Waals surface area (Å²) in [5, 5.41) is 0. The van der Waals surface area contributed by atoms with Crippen molar-refractivity contribution >= 4 is 5.91 Å². The highest BCUT2D eigenvalue weighted by Gasteiger charge is 3.02. The molecule has 4 nitrogen and oxygen atoms in total. The molecule has 7 atom stereocenters. The molecule has 0 aromatic rings. The Bertz CT molecular complexity index is 574. The third kappa shape index (κ3) is 1.02. The average Bonchev–Trinajstić information content (AvgIpc) is 3.27. The zero-order valence-electron chi connectivity index (χ0n) is 13.8. The Balaban J connectivity index is 1.69. The number of rotatable bonds is 4. The Morgan fingerprint density at radius 1 is 1.43 bits per heavy atom. The second-order valence-corrected chi connectivity index (χ2v) is 7.84. The van der Waals surface area contributed by atoms with Crippen LogP contribution in [0.2, 0.25) is 0 Å². The maximum atomic E-state index is 13.3. The molecule has 1 spiro atoms. The summed E-state index contributed by atoms with van der Waals surface area (Å²) < 4.78 is 11.4. The largest absolute Gasteiger partial charge is 0.383 e. The van der Waals surface area contributed by atoms with Crippen molar-refractivity contribution in [3.8, 4) is 0 Å². The molecule has 0 aromatic carbocycles. The quantitative estimate of drug-likeness (QED) is 0.586. The lowest BCUT2D eigenvalue weighted by Crippen LogP contribution is -2.48. The van der Waals surface area contributed by atoms with E-state index in [1.807, 2.05) is 18.9 Å². The second kappa shape index (κ2) is 3.38. The summed E-state index contributed by atoms with van der Waals surface area (Å²) in [5.74, 6) is 1.04. The Morgan fingerprint density at radius 3 is 2.57 bits per heavy atom. The van der Waals surface area contributed by atoms with Gasteiger partial charge in [0.1, 0.15) is 11.2 Å². The molecule has 1 amide bonds. The summed E-state index contributed by atoms with van der Waals surface area (Å²) in [6.45, 7) is 9.22. The van der Waals surface area contributed by atoms with Gasteiger partial charge in [0.2, 0.25) is 5.91 Å². The van der Waals surface area contributed by atoms with Gasteiger partial charge in [0.05, 0.1) is 18.1 Å². The zero-order chi connectivity index (χ0) is 15.4. The number of ether oxygens (including phenoxy) is 2. The first-order chi connectivity index (χ1) is 9.74. The summed E-state index contributed by atoms with van der Waals surface area (Å²) in [6.07, 6.45) is 4.44. The van der Waals surface area contributed by atoms with Crippen molar-refractivity contribution < 1.29 is 14.3 Å². The number of hydrogen-bond acceptors (Lipinski definition) is 3. The number of amides is 1. The fourth-order valence-corrected chi connectivity index (χ4v) is 6.00. The maximum Gasteiger partial charge on any atom is 0.232 e. The van der Waals surface area contributed by atoms with Crippen LogP contribution in [0, 0.1) is 22.7 Å². The van der Waals surface area contributed by atoms with Gasteiger partial charge in [-0.1, -0.05) is 26.0 Å². The van der Waals surface area contributed by atoms with E-state index in [-0.39, 0.29) is 34.0 Å². The number of methoxy groups -OCH3 is 1. The summed E-state index contributed by atoms with van der Waals surface area (Å²) >= 11 is 0. The number of hydrogen-bond donors (Lipinski definition) is 0. The summed E-state index contributed by atoms with van der Waals surface area (Å²) in [6, 6.07) is 0.0858.